The molecule has 2 aromatic heterocycles. The molecule has 1 aromatic carbocycles. The second-order valence-corrected chi connectivity index (χ2v) is 6.95. The third-order valence-electron chi connectivity index (χ3n) is 4.21. The van der Waals surface area contributed by atoms with Crippen LogP contribution in [0.25, 0.3) is 10.8 Å². The lowest BCUT2D eigenvalue weighted by molar-refractivity contribution is -0.117. The molecule has 0 aliphatic carbocycles. The van der Waals surface area contributed by atoms with Gasteiger partial charge in [-0.2, -0.15) is 0 Å². The normalized spacial score (nSPS) is 14.0. The fraction of sp³-hybridized carbons (Fsp3) is 0.211. The number of benzene rings is 1. The Kier molecular flexibility index (Phi) is 4.53. The van der Waals surface area contributed by atoms with E-state index in [0.29, 0.717) is 30.1 Å². The lowest BCUT2D eigenvalue weighted by atomic mass is 10.1. The number of hydrogen-bond donors (Lipinski definition) is 1. The molecule has 26 heavy (non-hydrogen) atoms. The molecule has 0 atom stereocenters. The van der Waals surface area contributed by atoms with E-state index in [-0.39, 0.29) is 18.4 Å². The standard InChI is InChI=1S/C19H17N3O3S/c23-17-7-2-8-22(17)15-5-1-4-13(10-15)18(24)20-11-14-12-25-19(21-14)16-6-3-9-26-16/h1,3-6,9-10,12H,2,7-8,11H2,(H,20,24). The van der Waals surface area contributed by atoms with Crippen molar-refractivity contribution in [2.45, 2.75) is 19.4 Å². The van der Waals surface area contributed by atoms with E-state index < -0.39 is 0 Å². The smallest absolute Gasteiger partial charge is 0.251 e. The van der Waals surface area contributed by atoms with Gasteiger partial charge in [0.1, 0.15) is 6.26 Å². The van der Waals surface area contributed by atoms with E-state index in [1.54, 1.807) is 40.7 Å². The Morgan fingerprint density at radius 2 is 2.23 bits per heavy atom. The van der Waals surface area contributed by atoms with Crippen molar-refractivity contribution in [1.82, 2.24) is 10.3 Å². The molecule has 1 aliphatic rings. The topological polar surface area (TPSA) is 75.4 Å². The van der Waals surface area contributed by atoms with E-state index in [4.69, 9.17) is 4.42 Å². The van der Waals surface area contributed by atoms with Crippen LogP contribution in [0.5, 0.6) is 0 Å². The van der Waals surface area contributed by atoms with Crippen molar-refractivity contribution in [1.29, 1.82) is 0 Å². The minimum absolute atomic E-state index is 0.103. The van der Waals surface area contributed by atoms with Crippen LogP contribution in [-0.2, 0) is 11.3 Å². The average Bonchev–Trinajstić information content (AvgIpc) is 3.40. The maximum atomic E-state index is 12.4. The number of nitrogens with zero attached hydrogens (tertiary/aromatic N) is 2. The monoisotopic (exact) mass is 367 g/mol. The van der Waals surface area contributed by atoms with Crippen molar-refractivity contribution in [3.05, 3.63) is 59.3 Å². The molecule has 0 unspecified atom stereocenters. The summed E-state index contributed by atoms with van der Waals surface area (Å²) < 4.78 is 5.45. The summed E-state index contributed by atoms with van der Waals surface area (Å²) in [4.78, 5) is 31.4. The number of anilines is 1. The highest BCUT2D eigenvalue weighted by atomic mass is 32.1. The Morgan fingerprint density at radius 3 is 3.00 bits per heavy atom. The molecule has 1 saturated heterocycles. The third kappa shape index (κ3) is 3.39. The second kappa shape index (κ2) is 7.13. The van der Waals surface area contributed by atoms with Crippen LogP contribution in [0.15, 0.2) is 52.5 Å². The van der Waals surface area contributed by atoms with Crippen LogP contribution >= 0.6 is 11.3 Å². The summed E-state index contributed by atoms with van der Waals surface area (Å²) >= 11 is 1.55. The molecule has 4 rings (SSSR count). The minimum Gasteiger partial charge on any atom is -0.443 e. The summed E-state index contributed by atoms with van der Waals surface area (Å²) in [6, 6.07) is 11.0. The van der Waals surface area contributed by atoms with Gasteiger partial charge in [-0.25, -0.2) is 4.98 Å². The molecule has 1 aliphatic heterocycles. The number of aromatic nitrogens is 1. The maximum absolute atomic E-state index is 12.4. The average molecular weight is 367 g/mol. The van der Waals surface area contributed by atoms with Crippen LogP contribution in [0.3, 0.4) is 0 Å². The number of oxazole rings is 1. The number of hydrogen-bond acceptors (Lipinski definition) is 5. The van der Waals surface area contributed by atoms with Gasteiger partial charge in [-0.1, -0.05) is 12.1 Å². The van der Waals surface area contributed by atoms with Crippen LogP contribution in [0.1, 0.15) is 28.9 Å². The summed E-state index contributed by atoms with van der Waals surface area (Å²) in [6.45, 7) is 0.981. The molecule has 1 N–H and O–H groups in total. The zero-order valence-electron chi connectivity index (χ0n) is 14.0. The van der Waals surface area contributed by atoms with Gasteiger partial charge >= 0.3 is 0 Å². The van der Waals surface area contributed by atoms with Gasteiger partial charge in [-0.3, -0.25) is 9.59 Å². The van der Waals surface area contributed by atoms with Crippen molar-refractivity contribution >= 4 is 28.8 Å². The first-order valence-electron chi connectivity index (χ1n) is 8.37. The first-order chi connectivity index (χ1) is 12.7. The van der Waals surface area contributed by atoms with E-state index in [9.17, 15) is 9.59 Å². The van der Waals surface area contributed by atoms with E-state index in [0.717, 1.165) is 17.0 Å². The first kappa shape index (κ1) is 16.5. The Balaban J connectivity index is 1.41. The fourth-order valence-electron chi connectivity index (χ4n) is 2.91. The zero-order chi connectivity index (χ0) is 17.9. The molecule has 0 spiro atoms. The highest BCUT2D eigenvalue weighted by Crippen LogP contribution is 2.24. The molecule has 132 valence electrons. The molecule has 0 saturated carbocycles. The van der Waals surface area contributed by atoms with Crippen LogP contribution in [0.4, 0.5) is 5.69 Å². The summed E-state index contributed by atoms with van der Waals surface area (Å²) in [5.74, 6) is 0.448. The minimum atomic E-state index is -0.209. The van der Waals surface area contributed by atoms with Gasteiger partial charge in [-0.05, 0) is 36.1 Å². The Hall–Kier alpha value is -2.93. The number of carbonyl (C=O) groups excluding carboxylic acids is 2. The van der Waals surface area contributed by atoms with Crippen LogP contribution in [-0.4, -0.2) is 23.3 Å². The van der Waals surface area contributed by atoms with Crippen LogP contribution in [0.2, 0.25) is 0 Å². The molecular formula is C19H17N3O3S. The summed E-state index contributed by atoms with van der Waals surface area (Å²) in [7, 11) is 0. The van der Waals surface area contributed by atoms with Crippen molar-refractivity contribution in [2.75, 3.05) is 11.4 Å². The highest BCUT2D eigenvalue weighted by molar-refractivity contribution is 7.13. The van der Waals surface area contributed by atoms with Gasteiger partial charge in [-0.15, -0.1) is 11.3 Å². The van der Waals surface area contributed by atoms with Gasteiger partial charge in [0.05, 0.1) is 17.1 Å². The summed E-state index contributed by atoms with van der Waals surface area (Å²) in [5, 5.41) is 4.80. The Labute approximate surface area is 154 Å². The molecule has 1 fully saturated rings. The molecule has 0 radical (unpaired) electrons. The lowest BCUT2D eigenvalue weighted by Crippen LogP contribution is -2.25. The number of amides is 2. The molecule has 2 amide bonds. The van der Waals surface area contributed by atoms with E-state index >= 15 is 0 Å². The summed E-state index contributed by atoms with van der Waals surface area (Å²) in [6.07, 6.45) is 2.97. The fourth-order valence-corrected chi connectivity index (χ4v) is 3.57. The maximum Gasteiger partial charge on any atom is 0.251 e. The van der Waals surface area contributed by atoms with E-state index in [1.807, 2.05) is 23.6 Å². The Bertz CT molecular complexity index is 933. The quantitative estimate of drug-likeness (QED) is 0.749. The van der Waals surface area contributed by atoms with Gasteiger partial charge in [0.2, 0.25) is 11.8 Å². The second-order valence-electron chi connectivity index (χ2n) is 6.00. The van der Waals surface area contributed by atoms with Crippen molar-refractivity contribution < 1.29 is 14.0 Å². The SMILES string of the molecule is O=C(NCc1coc(-c2cccs2)n1)c1cccc(N2CCCC2=O)c1. The highest BCUT2D eigenvalue weighted by Gasteiger charge is 2.22. The Morgan fingerprint density at radius 1 is 1.31 bits per heavy atom. The molecule has 3 aromatic rings. The summed E-state index contributed by atoms with van der Waals surface area (Å²) in [5.41, 5.74) is 1.94. The molecule has 3 heterocycles. The van der Waals surface area contributed by atoms with Gasteiger partial charge in [0.25, 0.3) is 5.91 Å². The first-order valence-corrected chi connectivity index (χ1v) is 9.25. The largest absolute Gasteiger partial charge is 0.443 e. The predicted octanol–water partition coefficient (Wildman–Crippen LogP) is 3.46. The van der Waals surface area contributed by atoms with E-state index in [1.165, 1.54) is 0 Å². The molecule has 7 heteroatoms. The van der Waals surface area contributed by atoms with E-state index in [2.05, 4.69) is 10.3 Å². The number of thiophene rings is 1. The van der Waals surface area contributed by atoms with Crippen LogP contribution < -0.4 is 10.2 Å². The van der Waals surface area contributed by atoms with Crippen molar-refractivity contribution in [2.24, 2.45) is 0 Å². The van der Waals surface area contributed by atoms with Gasteiger partial charge in [0, 0.05) is 24.2 Å². The van der Waals surface area contributed by atoms with Crippen molar-refractivity contribution in [3.63, 3.8) is 0 Å². The molecular weight excluding hydrogens is 350 g/mol. The predicted molar refractivity (Wildman–Crippen MR) is 99.0 cm³/mol. The number of rotatable bonds is 5. The molecule has 6 nitrogen and oxygen atoms in total. The molecule has 0 bridgehead atoms. The van der Waals surface area contributed by atoms with Gasteiger partial charge < -0.3 is 14.6 Å². The number of carbonyl (C=O) groups is 2. The van der Waals surface area contributed by atoms with Crippen molar-refractivity contribution in [3.8, 4) is 10.8 Å². The van der Waals surface area contributed by atoms with Gasteiger partial charge in [0.15, 0.2) is 0 Å². The third-order valence-corrected chi connectivity index (χ3v) is 5.07. The lowest BCUT2D eigenvalue weighted by Gasteiger charge is -2.16. The number of nitrogens with one attached hydrogen (secondary N) is 1. The zero-order valence-corrected chi connectivity index (χ0v) is 14.8. The van der Waals surface area contributed by atoms with Crippen LogP contribution in [0, 0.1) is 0 Å².